The van der Waals surface area contributed by atoms with Crippen molar-refractivity contribution < 1.29 is 58.2 Å². The molecule has 0 saturated carbocycles. The molecule has 27 nitrogen and oxygen atoms in total. The third-order valence-electron chi connectivity index (χ3n) is 12.8. The van der Waals surface area contributed by atoms with E-state index in [-0.39, 0.29) is 77.2 Å². The number of carbonyl (C=O) groups excluding carboxylic acids is 10. The van der Waals surface area contributed by atoms with Crippen molar-refractivity contribution in [2.75, 3.05) is 45.9 Å². The van der Waals surface area contributed by atoms with E-state index in [0.717, 1.165) is 0 Å². The molecule has 3 aliphatic heterocycles. The first kappa shape index (κ1) is 60.1. The Labute approximate surface area is 419 Å². The minimum atomic E-state index is -1.61. The number of nitrogens with one attached hydrogen (secondary N) is 8. The van der Waals surface area contributed by atoms with Gasteiger partial charge in [-0.25, -0.2) is 0 Å². The summed E-state index contributed by atoms with van der Waals surface area (Å²) in [5.41, 5.74) is 22.5. The Hall–Kier alpha value is -6.19. The molecule has 0 aliphatic carbocycles. The summed E-state index contributed by atoms with van der Waals surface area (Å²) in [6, 6.07) is -13.1. The highest BCUT2D eigenvalue weighted by Crippen LogP contribution is 2.26. The Balaban J connectivity index is 2.07. The van der Waals surface area contributed by atoms with E-state index in [1.54, 1.807) is 13.8 Å². The number of nitrogens with zero attached hydrogens (tertiary/aromatic N) is 3. The highest BCUT2D eigenvalue weighted by Gasteiger charge is 2.44. The van der Waals surface area contributed by atoms with Crippen LogP contribution in [0.4, 0.5) is 0 Å². The van der Waals surface area contributed by atoms with E-state index in [0.29, 0.717) is 38.5 Å². The number of unbranched alkanes of at least 4 members (excludes halogenated alkanes) is 2. The Morgan fingerprint density at radius 1 is 0.528 bits per heavy atom. The molecule has 0 spiro atoms. The van der Waals surface area contributed by atoms with Gasteiger partial charge in [0.15, 0.2) is 5.96 Å². The van der Waals surface area contributed by atoms with Crippen LogP contribution in [0.5, 0.6) is 0 Å². The van der Waals surface area contributed by atoms with Gasteiger partial charge in [0, 0.05) is 19.6 Å². The monoisotopic (exact) mass is 1020 g/mol. The van der Waals surface area contributed by atoms with Crippen LogP contribution in [0, 0.1) is 5.92 Å². The van der Waals surface area contributed by atoms with E-state index >= 15 is 0 Å². The topological polar surface area (TPSA) is 430 Å². The van der Waals surface area contributed by atoms with E-state index in [2.05, 4.69) is 47.5 Å². The molecule has 3 fully saturated rings. The van der Waals surface area contributed by atoms with Gasteiger partial charge in [-0.15, -0.1) is 0 Å². The number of nitrogens with two attached hydrogens (primary N) is 4. The lowest BCUT2D eigenvalue weighted by Gasteiger charge is -2.33. The first-order valence-electron chi connectivity index (χ1n) is 24.9. The molecule has 0 unspecified atom stereocenters. The van der Waals surface area contributed by atoms with Crippen molar-refractivity contribution in [3.05, 3.63) is 0 Å². The summed E-state index contributed by atoms with van der Waals surface area (Å²) in [7, 11) is 0. The minimum absolute atomic E-state index is 0.0163. The fourth-order valence-electron chi connectivity index (χ4n) is 8.63. The third-order valence-corrected chi connectivity index (χ3v) is 12.8. The van der Waals surface area contributed by atoms with Gasteiger partial charge in [-0.2, -0.15) is 0 Å². The lowest BCUT2D eigenvalue weighted by molar-refractivity contribution is -0.148. The van der Waals surface area contributed by atoms with Gasteiger partial charge in [-0.3, -0.25) is 52.9 Å². The molecule has 18 N–H and O–H groups in total. The standard InChI is InChI=1S/C45H79N15O12/c1-24(2)34-42(70)55-29(14-9-19-50-45(48)49)37(65)53-27(12-5-7-17-46)36(64)54-28(13-6-8-18-47)38(66)57-30(22-61)39(67)52-26(4)43(71)60-21-11-16-33(60)44(72)59-20-10-15-32(59)41(69)51-25(3)35(63)56-31(23-62)40(68)58-34/h24-34,61-62H,5-23,46-47H2,1-4H3,(H,51,69)(H,52,67)(H,53,65)(H,54,64)(H,55,70)(H,56,63)(H,57,66)(H,58,68)(H4,48,49,50)/t25-,26-,27-,28-,29-,30-,31-,32-,33+,34-/m0/s1. The second-order valence-electron chi connectivity index (χ2n) is 18.8. The Bertz CT molecular complexity index is 1940. The maximum Gasteiger partial charge on any atom is 0.246 e. The third kappa shape index (κ3) is 17.8. The molecule has 3 aliphatic rings. The number of amides is 10. The molecule has 10 atom stereocenters. The molecular weight excluding hydrogens is 943 g/mol. The van der Waals surface area contributed by atoms with Crippen molar-refractivity contribution in [3.8, 4) is 0 Å². The smallest absolute Gasteiger partial charge is 0.246 e. The van der Waals surface area contributed by atoms with Crippen molar-refractivity contribution in [3.63, 3.8) is 0 Å². The number of rotatable bonds is 15. The van der Waals surface area contributed by atoms with Crippen LogP contribution < -0.4 is 65.5 Å². The van der Waals surface area contributed by atoms with E-state index < -0.39 is 139 Å². The Morgan fingerprint density at radius 2 is 0.944 bits per heavy atom. The molecule has 10 amide bonds. The summed E-state index contributed by atoms with van der Waals surface area (Å²) < 4.78 is 0. The quantitative estimate of drug-likeness (QED) is 0.0412. The molecule has 406 valence electrons. The van der Waals surface area contributed by atoms with E-state index in [4.69, 9.17) is 22.9 Å². The number of aliphatic hydroxyl groups is 2. The Morgan fingerprint density at radius 3 is 1.43 bits per heavy atom. The number of guanidine groups is 1. The normalized spacial score (nSPS) is 28.3. The lowest BCUT2D eigenvalue weighted by atomic mass is 10.0. The second-order valence-corrected chi connectivity index (χ2v) is 18.8. The average Bonchev–Trinajstić information content (AvgIpc) is 4.04. The maximum atomic E-state index is 14.2. The van der Waals surface area contributed by atoms with Crippen LogP contribution in [0.3, 0.4) is 0 Å². The van der Waals surface area contributed by atoms with Crippen molar-refractivity contribution in [2.24, 2.45) is 33.8 Å². The Kier molecular flexibility index (Phi) is 25.0. The number of hydrogen-bond acceptors (Lipinski definition) is 15. The number of carbonyl (C=O) groups is 10. The summed E-state index contributed by atoms with van der Waals surface area (Å²) in [6.45, 7) is 4.93. The van der Waals surface area contributed by atoms with Crippen LogP contribution in [0.1, 0.15) is 105 Å². The number of aliphatic hydroxyl groups excluding tert-OH is 2. The summed E-state index contributed by atoms with van der Waals surface area (Å²) in [5, 5.41) is 40.9. The van der Waals surface area contributed by atoms with Crippen molar-refractivity contribution in [1.82, 2.24) is 52.3 Å². The molecule has 0 bridgehead atoms. The van der Waals surface area contributed by atoms with Gasteiger partial charge in [0.25, 0.3) is 0 Å². The summed E-state index contributed by atoms with van der Waals surface area (Å²) in [5.74, 6) is -8.86. The molecular formula is C45H79N15O12. The molecule has 0 aromatic carbocycles. The fraction of sp³-hybridized carbons (Fsp3) is 0.756. The van der Waals surface area contributed by atoms with Crippen LogP contribution in [-0.2, 0) is 47.9 Å². The van der Waals surface area contributed by atoms with Gasteiger partial charge >= 0.3 is 0 Å². The summed E-state index contributed by atoms with van der Waals surface area (Å²) in [6.07, 6.45) is 3.02. The molecule has 27 heteroatoms. The van der Waals surface area contributed by atoms with E-state index in [9.17, 15) is 58.2 Å². The van der Waals surface area contributed by atoms with Crippen LogP contribution in [0.2, 0.25) is 0 Å². The van der Waals surface area contributed by atoms with Crippen LogP contribution in [-0.4, -0.2) is 191 Å². The first-order chi connectivity index (χ1) is 34.2. The highest BCUT2D eigenvalue weighted by atomic mass is 16.3. The highest BCUT2D eigenvalue weighted by molar-refractivity contribution is 5.99. The zero-order valence-corrected chi connectivity index (χ0v) is 41.9. The zero-order chi connectivity index (χ0) is 53.7. The average molecular weight is 1020 g/mol. The molecule has 0 aromatic rings. The number of fused-ring (bicyclic) bond motifs is 2. The largest absolute Gasteiger partial charge is 0.394 e. The predicted molar refractivity (Wildman–Crippen MR) is 261 cm³/mol. The second kappa shape index (κ2) is 30.0. The molecule has 0 aromatic heterocycles. The van der Waals surface area contributed by atoms with Gasteiger partial charge < -0.3 is 85.5 Å². The van der Waals surface area contributed by atoms with Crippen LogP contribution >= 0.6 is 0 Å². The van der Waals surface area contributed by atoms with E-state index in [1.165, 1.54) is 23.6 Å². The SMILES string of the molecule is CC(C)[C@@H]1NC(=O)[C@H](CO)NC(=O)[C@H](C)NC(=O)[C@@H]2CCCN2C(=O)[C@H]2CCCN2C(=O)[C@H](C)NC(=O)[C@H](CO)NC(=O)[C@H](CCCCN)NC(=O)[C@H](CCCCN)NC(=O)[C@H](CCCN=C(N)N)NC1=O. The lowest BCUT2D eigenvalue weighted by Crippen LogP contribution is -2.62. The van der Waals surface area contributed by atoms with Gasteiger partial charge in [-0.05, 0) is 110 Å². The van der Waals surface area contributed by atoms with Gasteiger partial charge in [0.1, 0.15) is 60.4 Å². The van der Waals surface area contributed by atoms with Crippen molar-refractivity contribution >= 4 is 65.0 Å². The van der Waals surface area contributed by atoms with Crippen molar-refractivity contribution in [2.45, 2.75) is 165 Å². The van der Waals surface area contributed by atoms with Gasteiger partial charge in [0.2, 0.25) is 59.1 Å². The van der Waals surface area contributed by atoms with E-state index in [1.807, 2.05) is 0 Å². The summed E-state index contributed by atoms with van der Waals surface area (Å²) >= 11 is 0. The fourth-order valence-corrected chi connectivity index (χ4v) is 8.63. The molecule has 3 saturated heterocycles. The zero-order valence-electron chi connectivity index (χ0n) is 41.9. The van der Waals surface area contributed by atoms with Crippen molar-refractivity contribution in [1.29, 1.82) is 0 Å². The number of hydrogen-bond donors (Lipinski definition) is 14. The molecule has 3 rings (SSSR count). The maximum absolute atomic E-state index is 14.2. The van der Waals surface area contributed by atoms with Crippen LogP contribution in [0.25, 0.3) is 0 Å². The summed E-state index contributed by atoms with van der Waals surface area (Å²) in [4.78, 5) is 145. The first-order valence-corrected chi connectivity index (χ1v) is 24.9. The van der Waals surface area contributed by atoms with Crippen LogP contribution in [0.15, 0.2) is 4.99 Å². The molecule has 72 heavy (non-hydrogen) atoms. The van der Waals surface area contributed by atoms with Gasteiger partial charge in [-0.1, -0.05) is 13.8 Å². The minimum Gasteiger partial charge on any atom is -0.394 e. The molecule has 3 heterocycles. The molecule has 0 radical (unpaired) electrons. The van der Waals surface area contributed by atoms with Gasteiger partial charge in [0.05, 0.1) is 13.2 Å². The predicted octanol–water partition coefficient (Wildman–Crippen LogP) is -6.15. The number of aliphatic imine (C=N–C) groups is 1.